The van der Waals surface area contributed by atoms with Crippen molar-refractivity contribution in [3.63, 3.8) is 0 Å². The second-order valence-electron chi connectivity index (χ2n) is 8.15. The molecule has 0 amide bonds. The molecule has 0 aliphatic heterocycles. The van der Waals surface area contributed by atoms with Crippen LogP contribution in [0.2, 0.25) is 0 Å². The Bertz CT molecular complexity index is 370. The van der Waals surface area contributed by atoms with E-state index in [1.54, 1.807) is 0 Å². The van der Waals surface area contributed by atoms with Gasteiger partial charge in [-0.05, 0) is 12.3 Å². The molecule has 2 N–H and O–H groups in total. The van der Waals surface area contributed by atoms with Crippen LogP contribution in [0.3, 0.4) is 0 Å². The van der Waals surface area contributed by atoms with Crippen LogP contribution in [0, 0.1) is 11.8 Å². The van der Waals surface area contributed by atoms with Gasteiger partial charge in [-0.15, -0.1) is 0 Å². The van der Waals surface area contributed by atoms with E-state index >= 15 is 0 Å². The number of carboxylic acid groups (broad SMARTS) is 2. The molecular weight excluding hydrogens is 380 g/mol. The third kappa shape index (κ3) is 18.2. The minimum Gasteiger partial charge on any atom is -1.00 e. The van der Waals surface area contributed by atoms with Gasteiger partial charge in [-0.3, -0.25) is 9.59 Å². The molecule has 0 aromatic heterocycles. The van der Waals surface area contributed by atoms with Crippen LogP contribution in [-0.4, -0.2) is 59.9 Å². The third-order valence-corrected chi connectivity index (χ3v) is 5.60. The summed E-state index contributed by atoms with van der Waals surface area (Å²) in [4.78, 5) is 22.4. The van der Waals surface area contributed by atoms with E-state index in [1.165, 1.54) is 70.6 Å². The van der Waals surface area contributed by atoms with Gasteiger partial charge in [-0.1, -0.05) is 117 Å². The fourth-order valence-corrected chi connectivity index (χ4v) is 3.80. The van der Waals surface area contributed by atoms with Gasteiger partial charge in [0, 0.05) is 0 Å². The summed E-state index contributed by atoms with van der Waals surface area (Å²) in [5.41, 5.74) is 0. The van der Waals surface area contributed by atoms with E-state index in [1.807, 2.05) is 0 Å². The van der Waals surface area contributed by atoms with Gasteiger partial charge in [0.25, 0.3) is 0 Å². The maximum atomic E-state index is 11.2. The molecule has 0 saturated heterocycles. The fraction of sp³-hybridized carbons (Fsp3) is 0.913. The number of carboxylic acids is 2. The first kappa shape index (κ1) is 30.4. The van der Waals surface area contributed by atoms with Crippen molar-refractivity contribution >= 4 is 49.7 Å². The zero-order valence-electron chi connectivity index (χ0n) is 20.6. The van der Waals surface area contributed by atoms with Gasteiger partial charge in [-0.2, -0.15) is 0 Å². The van der Waals surface area contributed by atoms with Gasteiger partial charge in [0.05, 0.1) is 0 Å². The van der Waals surface area contributed by atoms with E-state index in [0.29, 0.717) is 0 Å². The van der Waals surface area contributed by atoms with Crippen molar-refractivity contribution in [2.24, 2.45) is 11.8 Å². The predicted molar refractivity (Wildman–Crippen MR) is 120 cm³/mol. The summed E-state index contributed by atoms with van der Waals surface area (Å²) in [6.45, 7) is 4.42. The Morgan fingerprint density at radius 1 is 0.643 bits per heavy atom. The van der Waals surface area contributed by atoms with E-state index in [2.05, 4.69) is 13.8 Å². The summed E-state index contributed by atoms with van der Waals surface area (Å²) in [5, 5.41) is 18.3. The van der Waals surface area contributed by atoms with Crippen LogP contribution in [-0.2, 0) is 9.59 Å². The van der Waals surface area contributed by atoms with Crippen LogP contribution in [0.15, 0.2) is 0 Å². The SMILES string of the molecule is CCCCCCCCCCCCC(CCCCCC)CC(C(=O)O)C(=O)O.[Ca+2].[H-].[H-]. The Morgan fingerprint density at radius 2 is 0.964 bits per heavy atom. The molecule has 0 rings (SSSR count). The molecule has 0 saturated carbocycles. The number of hydrogen-bond donors (Lipinski definition) is 2. The van der Waals surface area contributed by atoms with Crippen LogP contribution in [0.4, 0.5) is 0 Å². The second-order valence-corrected chi connectivity index (χ2v) is 8.15. The number of carbonyl (C=O) groups is 2. The van der Waals surface area contributed by atoms with Crippen LogP contribution < -0.4 is 0 Å². The van der Waals surface area contributed by atoms with Gasteiger partial charge >= 0.3 is 49.7 Å². The average molecular weight is 427 g/mol. The van der Waals surface area contributed by atoms with Crippen molar-refractivity contribution in [1.29, 1.82) is 0 Å². The van der Waals surface area contributed by atoms with Crippen molar-refractivity contribution < 1.29 is 22.7 Å². The van der Waals surface area contributed by atoms with E-state index in [9.17, 15) is 9.59 Å². The Hall–Kier alpha value is 0.200. The Morgan fingerprint density at radius 3 is 1.32 bits per heavy atom. The molecule has 1 atom stereocenters. The summed E-state index contributed by atoms with van der Waals surface area (Å²) < 4.78 is 0. The molecule has 0 aliphatic carbocycles. The first-order valence-corrected chi connectivity index (χ1v) is 11.5. The van der Waals surface area contributed by atoms with E-state index in [4.69, 9.17) is 10.2 Å². The fourth-order valence-electron chi connectivity index (χ4n) is 3.80. The van der Waals surface area contributed by atoms with Crippen LogP contribution in [0.1, 0.15) is 126 Å². The molecule has 0 bridgehead atoms. The topological polar surface area (TPSA) is 74.6 Å². The number of rotatable bonds is 20. The third-order valence-electron chi connectivity index (χ3n) is 5.60. The molecule has 0 radical (unpaired) electrons. The zero-order valence-corrected chi connectivity index (χ0v) is 20.8. The van der Waals surface area contributed by atoms with E-state index < -0.39 is 17.9 Å². The van der Waals surface area contributed by atoms with Crippen molar-refractivity contribution in [2.75, 3.05) is 0 Å². The molecule has 0 spiro atoms. The largest absolute Gasteiger partial charge is 2.00 e. The molecule has 4 nitrogen and oxygen atoms in total. The smallest absolute Gasteiger partial charge is 1.00 e. The van der Waals surface area contributed by atoms with Gasteiger partial charge in [0.2, 0.25) is 0 Å². The van der Waals surface area contributed by atoms with E-state index in [-0.39, 0.29) is 52.9 Å². The molecule has 0 aromatic carbocycles. The van der Waals surface area contributed by atoms with E-state index in [0.717, 1.165) is 32.1 Å². The molecule has 164 valence electrons. The molecule has 5 heteroatoms. The summed E-state index contributed by atoms with van der Waals surface area (Å²) in [6, 6.07) is 0. The number of hydrogen-bond acceptors (Lipinski definition) is 2. The van der Waals surface area contributed by atoms with Crippen LogP contribution in [0.25, 0.3) is 0 Å². The quantitative estimate of drug-likeness (QED) is 0.126. The summed E-state index contributed by atoms with van der Waals surface area (Å²) in [6.07, 6.45) is 19.7. The maximum absolute atomic E-state index is 11.2. The normalized spacial score (nSPS) is 12.0. The summed E-state index contributed by atoms with van der Waals surface area (Å²) in [5.74, 6) is -3.40. The Kier molecular flexibility index (Phi) is 23.8. The summed E-state index contributed by atoms with van der Waals surface area (Å²) >= 11 is 0. The number of unbranched alkanes of at least 4 members (excludes halogenated alkanes) is 12. The first-order chi connectivity index (χ1) is 13.0. The second kappa shape index (κ2) is 21.9. The van der Waals surface area contributed by atoms with Crippen molar-refractivity contribution in [3.8, 4) is 0 Å². The minimum absolute atomic E-state index is 0. The van der Waals surface area contributed by atoms with Gasteiger partial charge in [0.1, 0.15) is 0 Å². The predicted octanol–water partition coefficient (Wildman–Crippen LogP) is 6.90. The van der Waals surface area contributed by atoms with Gasteiger partial charge in [0.15, 0.2) is 5.92 Å². The molecule has 0 heterocycles. The molecule has 0 fully saturated rings. The minimum atomic E-state index is -1.25. The Labute approximate surface area is 206 Å². The standard InChI is InChI=1S/C23H44O4.Ca.2H/c1-3-5-7-9-10-11-12-13-14-16-18-20(17-15-8-6-4-2)19-21(22(24)25)23(26)27;;;/h20-21H,3-19H2,1-2H3,(H,24,25)(H,26,27);;;/q;+2;2*-1. The van der Waals surface area contributed by atoms with Crippen LogP contribution in [0.5, 0.6) is 0 Å². The number of aliphatic carboxylic acids is 2. The molecule has 0 aromatic rings. The summed E-state index contributed by atoms with van der Waals surface area (Å²) in [7, 11) is 0. The van der Waals surface area contributed by atoms with Crippen molar-refractivity contribution in [3.05, 3.63) is 0 Å². The molecule has 0 aliphatic rings. The molecular formula is C23H46CaO4. The van der Waals surface area contributed by atoms with Gasteiger partial charge in [-0.25, -0.2) is 0 Å². The maximum Gasteiger partial charge on any atom is 2.00 e. The monoisotopic (exact) mass is 426 g/mol. The molecule has 28 heavy (non-hydrogen) atoms. The van der Waals surface area contributed by atoms with Crippen molar-refractivity contribution in [2.45, 2.75) is 123 Å². The molecule has 1 unspecified atom stereocenters. The zero-order chi connectivity index (χ0) is 20.3. The van der Waals surface area contributed by atoms with Gasteiger partial charge < -0.3 is 13.1 Å². The van der Waals surface area contributed by atoms with Crippen molar-refractivity contribution in [1.82, 2.24) is 0 Å². The Balaban J connectivity index is -0.00000113. The van der Waals surface area contributed by atoms with Crippen LogP contribution >= 0.6 is 0 Å². The average Bonchev–Trinajstić information content (AvgIpc) is 2.63. The first-order valence-electron chi connectivity index (χ1n) is 11.5.